The first-order valence-corrected chi connectivity index (χ1v) is 13.3. The zero-order chi connectivity index (χ0) is 29.5. The Morgan fingerprint density at radius 3 is 2.56 bits per heavy atom. The molecule has 2 amide bonds. The van der Waals surface area contributed by atoms with Gasteiger partial charge in [0, 0.05) is 42.1 Å². The first kappa shape index (κ1) is 28.3. The molecular weight excluding hydrogens is 566 g/mol. The van der Waals surface area contributed by atoms with E-state index in [1.807, 2.05) is 0 Å². The first-order valence-electron chi connectivity index (χ1n) is 12.4. The lowest BCUT2D eigenvalue weighted by molar-refractivity contribution is -0.137. The minimum atomic E-state index is -4.46. The molecule has 5 rings (SSSR count). The van der Waals surface area contributed by atoms with Crippen LogP contribution in [0.2, 0.25) is 0 Å². The molecule has 10 nitrogen and oxygen atoms in total. The molecule has 1 aliphatic rings. The zero-order valence-corrected chi connectivity index (χ0v) is 22.6. The van der Waals surface area contributed by atoms with Crippen LogP contribution in [0.5, 0.6) is 0 Å². The Morgan fingerprint density at radius 2 is 1.88 bits per heavy atom. The molecule has 4 aromatic rings. The Kier molecular flexibility index (Phi) is 7.55. The molecule has 3 aromatic heterocycles. The number of fused-ring (bicyclic) bond motifs is 1. The van der Waals surface area contributed by atoms with E-state index < -0.39 is 36.6 Å². The van der Waals surface area contributed by atoms with Crippen molar-refractivity contribution in [1.29, 1.82) is 0 Å². The Balaban J connectivity index is 1.36. The number of thiazole rings is 1. The number of nitrogens with zero attached hydrogens (tertiary/aromatic N) is 6. The van der Waals surface area contributed by atoms with E-state index in [1.54, 1.807) is 37.5 Å². The number of likely N-dealkylation sites (tertiary alicyclic amines) is 1. The van der Waals surface area contributed by atoms with Gasteiger partial charge in [-0.2, -0.15) is 18.3 Å². The highest BCUT2D eigenvalue weighted by atomic mass is 32.1. The fraction of sp³-hybridized carbons (Fsp3) is 0.346. The summed E-state index contributed by atoms with van der Waals surface area (Å²) >= 11 is 0.803. The normalized spacial score (nSPS) is 17.3. The lowest BCUT2D eigenvalue weighted by atomic mass is 10.0. The number of hydrogen-bond donors (Lipinski definition) is 1. The summed E-state index contributed by atoms with van der Waals surface area (Å²) in [7, 11) is 0. The molecule has 0 aliphatic carbocycles. The SMILES string of the molecule is CC(=O)c1nn(CC(=O)N2C[C@H](F)C[C@H]2C(=O)Nc2nc(CC(F)(F)F)cs2)c2ccc(-c3cnc(C)nc3)cc12. The van der Waals surface area contributed by atoms with Crippen molar-refractivity contribution in [2.24, 2.45) is 0 Å². The average molecular weight is 590 g/mol. The van der Waals surface area contributed by atoms with Crippen LogP contribution in [-0.2, 0) is 22.6 Å². The van der Waals surface area contributed by atoms with Gasteiger partial charge in [0.05, 0.1) is 24.2 Å². The van der Waals surface area contributed by atoms with Crippen molar-refractivity contribution >= 4 is 45.0 Å². The second kappa shape index (κ2) is 11.0. The second-order valence-corrected chi connectivity index (χ2v) is 10.5. The quantitative estimate of drug-likeness (QED) is 0.254. The lowest BCUT2D eigenvalue weighted by Gasteiger charge is -2.23. The predicted octanol–water partition coefficient (Wildman–Crippen LogP) is 4.14. The summed E-state index contributed by atoms with van der Waals surface area (Å²) in [6.45, 7) is 2.39. The number of carbonyl (C=O) groups is 3. The number of halogens is 4. The van der Waals surface area contributed by atoms with Gasteiger partial charge in [-0.15, -0.1) is 11.3 Å². The summed E-state index contributed by atoms with van der Waals surface area (Å²) < 4.78 is 53.7. The van der Waals surface area contributed by atoms with Gasteiger partial charge in [0.15, 0.2) is 10.9 Å². The van der Waals surface area contributed by atoms with Crippen molar-refractivity contribution in [1.82, 2.24) is 29.6 Å². The number of benzene rings is 1. The smallest absolute Gasteiger partial charge is 0.326 e. The van der Waals surface area contributed by atoms with Gasteiger partial charge in [-0.05, 0) is 24.6 Å². The van der Waals surface area contributed by atoms with Crippen LogP contribution in [0, 0.1) is 6.92 Å². The van der Waals surface area contributed by atoms with E-state index in [0.717, 1.165) is 27.4 Å². The van der Waals surface area contributed by atoms with E-state index in [4.69, 9.17) is 0 Å². The van der Waals surface area contributed by atoms with Crippen LogP contribution in [0.15, 0.2) is 36.0 Å². The van der Waals surface area contributed by atoms with Gasteiger partial charge in [0.2, 0.25) is 11.8 Å². The summed E-state index contributed by atoms with van der Waals surface area (Å²) in [6.07, 6.45) is -4.16. The van der Waals surface area contributed by atoms with Gasteiger partial charge < -0.3 is 10.2 Å². The minimum Gasteiger partial charge on any atom is -0.326 e. The van der Waals surface area contributed by atoms with Crippen molar-refractivity contribution in [3.8, 4) is 11.1 Å². The third-order valence-corrected chi connectivity index (χ3v) is 7.33. The van der Waals surface area contributed by atoms with Gasteiger partial charge in [0.1, 0.15) is 30.3 Å². The van der Waals surface area contributed by atoms with Gasteiger partial charge in [0.25, 0.3) is 0 Å². The molecule has 2 atom stereocenters. The molecule has 4 heterocycles. The molecule has 41 heavy (non-hydrogen) atoms. The van der Waals surface area contributed by atoms with Crippen molar-refractivity contribution in [3.63, 3.8) is 0 Å². The van der Waals surface area contributed by atoms with Gasteiger partial charge in [-0.3, -0.25) is 19.1 Å². The number of alkyl halides is 4. The number of amides is 2. The highest BCUT2D eigenvalue weighted by molar-refractivity contribution is 7.13. The number of ketones is 1. The fourth-order valence-corrected chi connectivity index (χ4v) is 5.36. The maximum Gasteiger partial charge on any atom is 0.394 e. The number of hydrogen-bond acceptors (Lipinski definition) is 8. The van der Waals surface area contributed by atoms with E-state index in [9.17, 15) is 31.9 Å². The largest absolute Gasteiger partial charge is 0.394 e. The topological polar surface area (TPSA) is 123 Å². The molecule has 0 radical (unpaired) electrons. The molecule has 0 spiro atoms. The first-order chi connectivity index (χ1) is 19.4. The van der Waals surface area contributed by atoms with Crippen LogP contribution < -0.4 is 5.32 Å². The number of anilines is 1. The third kappa shape index (κ3) is 6.24. The Bertz CT molecular complexity index is 1630. The van der Waals surface area contributed by atoms with E-state index in [-0.39, 0.29) is 41.8 Å². The van der Waals surface area contributed by atoms with Crippen molar-refractivity contribution < 1.29 is 31.9 Å². The third-order valence-electron chi connectivity index (χ3n) is 6.52. The molecule has 15 heteroatoms. The number of aryl methyl sites for hydroxylation is 1. The Labute approximate surface area is 234 Å². The number of rotatable bonds is 7. The highest BCUT2D eigenvalue weighted by Crippen LogP contribution is 2.29. The molecule has 1 N–H and O–H groups in total. The molecule has 1 aliphatic heterocycles. The Morgan fingerprint density at radius 1 is 1.15 bits per heavy atom. The van der Waals surface area contributed by atoms with E-state index in [0.29, 0.717) is 16.7 Å². The molecule has 0 saturated carbocycles. The van der Waals surface area contributed by atoms with Gasteiger partial charge in [-0.25, -0.2) is 19.3 Å². The molecule has 214 valence electrons. The molecule has 0 unspecified atom stereocenters. The Hall–Kier alpha value is -4.27. The van der Waals surface area contributed by atoms with Crippen LogP contribution in [0.3, 0.4) is 0 Å². The zero-order valence-electron chi connectivity index (χ0n) is 21.8. The van der Waals surface area contributed by atoms with Crippen molar-refractivity contribution in [2.45, 2.75) is 51.6 Å². The molecule has 1 fully saturated rings. The summed E-state index contributed by atoms with van der Waals surface area (Å²) in [4.78, 5) is 51.8. The highest BCUT2D eigenvalue weighted by Gasteiger charge is 2.40. The molecular formula is C26H23F4N7O3S. The summed E-state index contributed by atoms with van der Waals surface area (Å²) in [6, 6.07) is 4.02. The van der Waals surface area contributed by atoms with Crippen molar-refractivity contribution in [3.05, 3.63) is 53.2 Å². The summed E-state index contributed by atoms with van der Waals surface area (Å²) in [5, 5.41) is 8.32. The standard InChI is InChI=1S/C26H23F4N7O3S/c1-13(38)23-19-5-15(16-8-31-14(2)32-9-16)3-4-20(19)37(35-23)11-22(39)36-10-17(27)6-21(36)24(40)34-25-33-18(12-41-25)7-26(28,29)30/h3-5,8-9,12,17,21H,6-7,10-11H2,1-2H3,(H,33,34,40)/t17-,21+/m1/s1. The van der Waals surface area contributed by atoms with Crippen LogP contribution >= 0.6 is 11.3 Å². The number of Topliss-reactive ketones (excluding diaryl/α,β-unsaturated/α-hetero) is 1. The van der Waals surface area contributed by atoms with Crippen molar-refractivity contribution in [2.75, 3.05) is 11.9 Å². The number of nitrogens with one attached hydrogen (secondary N) is 1. The fourth-order valence-electron chi connectivity index (χ4n) is 4.65. The van der Waals surface area contributed by atoms with E-state index >= 15 is 0 Å². The second-order valence-electron chi connectivity index (χ2n) is 9.63. The predicted molar refractivity (Wildman–Crippen MR) is 141 cm³/mol. The number of aromatic nitrogens is 5. The monoisotopic (exact) mass is 589 g/mol. The van der Waals surface area contributed by atoms with Gasteiger partial charge in [-0.1, -0.05) is 6.07 Å². The van der Waals surface area contributed by atoms with E-state index in [2.05, 4.69) is 25.4 Å². The van der Waals surface area contributed by atoms with Crippen LogP contribution in [0.1, 0.15) is 35.4 Å². The maximum absolute atomic E-state index is 14.4. The van der Waals surface area contributed by atoms with E-state index in [1.165, 1.54) is 17.0 Å². The summed E-state index contributed by atoms with van der Waals surface area (Å²) in [5.41, 5.74) is 1.83. The van der Waals surface area contributed by atoms with Crippen LogP contribution in [-0.4, -0.2) is 72.2 Å². The summed E-state index contributed by atoms with van der Waals surface area (Å²) in [5.74, 6) is -1.09. The maximum atomic E-state index is 14.4. The van der Waals surface area contributed by atoms with Gasteiger partial charge >= 0.3 is 6.18 Å². The minimum absolute atomic E-state index is 0.0806. The van der Waals surface area contributed by atoms with Crippen LogP contribution in [0.4, 0.5) is 22.7 Å². The van der Waals surface area contributed by atoms with Crippen LogP contribution in [0.25, 0.3) is 22.0 Å². The average Bonchev–Trinajstić information content (AvgIpc) is 3.60. The lowest BCUT2D eigenvalue weighted by Crippen LogP contribution is -2.44. The number of carbonyl (C=O) groups excluding carboxylic acids is 3. The molecule has 0 bridgehead atoms. The molecule has 1 saturated heterocycles. The molecule has 1 aromatic carbocycles.